The predicted molar refractivity (Wildman–Crippen MR) is 83.3 cm³/mol. The Morgan fingerprint density at radius 1 is 1.18 bits per heavy atom. The van der Waals surface area contributed by atoms with Crippen molar-refractivity contribution in [3.8, 4) is 11.4 Å². The lowest BCUT2D eigenvalue weighted by molar-refractivity contribution is -0.129. The predicted octanol–water partition coefficient (Wildman–Crippen LogP) is 2.21. The van der Waals surface area contributed by atoms with Crippen LogP contribution in [-0.2, 0) is 4.79 Å². The second-order valence-electron chi connectivity index (χ2n) is 5.97. The van der Waals surface area contributed by atoms with Crippen molar-refractivity contribution >= 4 is 5.91 Å². The van der Waals surface area contributed by atoms with Crippen molar-refractivity contribution in [1.29, 1.82) is 0 Å². The number of aromatic amines is 1. The average molecular weight is 299 g/mol. The van der Waals surface area contributed by atoms with Gasteiger partial charge < -0.3 is 4.90 Å². The molecule has 0 aromatic carbocycles. The van der Waals surface area contributed by atoms with Gasteiger partial charge in [0.1, 0.15) is 11.5 Å². The molecule has 6 nitrogen and oxygen atoms in total. The highest BCUT2D eigenvalue weighted by atomic mass is 16.2. The molecule has 1 N–H and O–H groups in total. The van der Waals surface area contributed by atoms with Gasteiger partial charge in [0.25, 0.3) is 0 Å². The Balaban J connectivity index is 1.83. The normalized spacial score (nSPS) is 16.0. The summed E-state index contributed by atoms with van der Waals surface area (Å²) in [5.41, 5.74) is 3.68. The van der Waals surface area contributed by atoms with Crippen LogP contribution in [0.3, 0.4) is 0 Å². The van der Waals surface area contributed by atoms with Gasteiger partial charge in [-0.3, -0.25) is 9.89 Å². The molecule has 1 amide bonds. The molecule has 3 heterocycles. The van der Waals surface area contributed by atoms with Gasteiger partial charge in [0, 0.05) is 37.3 Å². The largest absolute Gasteiger partial charge is 0.343 e. The van der Waals surface area contributed by atoms with Crippen LogP contribution in [0, 0.1) is 13.8 Å². The Hall–Kier alpha value is -2.24. The van der Waals surface area contributed by atoms with Crippen molar-refractivity contribution < 1.29 is 4.79 Å². The maximum atomic E-state index is 11.4. The van der Waals surface area contributed by atoms with Crippen LogP contribution in [0.15, 0.2) is 12.1 Å². The van der Waals surface area contributed by atoms with Gasteiger partial charge in [-0.25, -0.2) is 9.97 Å². The molecule has 0 unspecified atom stereocenters. The van der Waals surface area contributed by atoms with Crippen LogP contribution in [0.5, 0.6) is 0 Å². The van der Waals surface area contributed by atoms with E-state index >= 15 is 0 Å². The van der Waals surface area contributed by atoms with E-state index in [2.05, 4.69) is 15.2 Å². The van der Waals surface area contributed by atoms with Crippen molar-refractivity contribution in [2.24, 2.45) is 0 Å². The zero-order valence-corrected chi connectivity index (χ0v) is 13.3. The monoisotopic (exact) mass is 299 g/mol. The molecule has 2 aromatic rings. The zero-order valence-electron chi connectivity index (χ0n) is 13.3. The first kappa shape index (κ1) is 14.7. The van der Waals surface area contributed by atoms with E-state index in [1.165, 1.54) is 0 Å². The van der Waals surface area contributed by atoms with E-state index in [4.69, 9.17) is 4.98 Å². The van der Waals surface area contributed by atoms with Crippen LogP contribution in [-0.4, -0.2) is 44.1 Å². The first-order valence-corrected chi connectivity index (χ1v) is 7.66. The number of piperidine rings is 1. The van der Waals surface area contributed by atoms with Crippen LogP contribution in [0.25, 0.3) is 11.4 Å². The molecule has 0 saturated carbocycles. The third kappa shape index (κ3) is 3.00. The van der Waals surface area contributed by atoms with E-state index in [-0.39, 0.29) is 5.91 Å². The molecule has 1 saturated heterocycles. The Bertz CT molecular complexity index is 686. The average Bonchev–Trinajstić information content (AvgIpc) is 2.93. The van der Waals surface area contributed by atoms with Gasteiger partial charge in [-0.05, 0) is 38.8 Å². The third-order valence-electron chi connectivity index (χ3n) is 4.15. The Labute approximate surface area is 130 Å². The fraction of sp³-hybridized carbons (Fsp3) is 0.500. The van der Waals surface area contributed by atoms with E-state index in [1.807, 2.05) is 30.9 Å². The van der Waals surface area contributed by atoms with E-state index in [0.717, 1.165) is 54.5 Å². The first-order chi connectivity index (χ1) is 10.5. The summed E-state index contributed by atoms with van der Waals surface area (Å²) in [7, 11) is 0. The van der Waals surface area contributed by atoms with Gasteiger partial charge in [0.05, 0.1) is 5.69 Å². The number of rotatable bonds is 2. The molecule has 0 bridgehead atoms. The minimum Gasteiger partial charge on any atom is -0.343 e. The molecule has 0 aliphatic carbocycles. The van der Waals surface area contributed by atoms with Gasteiger partial charge in [0.15, 0.2) is 0 Å². The number of likely N-dealkylation sites (tertiary alicyclic amines) is 1. The van der Waals surface area contributed by atoms with Crippen LogP contribution >= 0.6 is 0 Å². The summed E-state index contributed by atoms with van der Waals surface area (Å²) in [5.74, 6) is 1.34. The number of H-pyrrole nitrogens is 1. The summed E-state index contributed by atoms with van der Waals surface area (Å²) in [6.45, 7) is 7.16. The van der Waals surface area contributed by atoms with E-state index in [1.54, 1.807) is 6.92 Å². The fourth-order valence-corrected chi connectivity index (χ4v) is 2.91. The van der Waals surface area contributed by atoms with E-state index < -0.39 is 0 Å². The lowest BCUT2D eigenvalue weighted by Gasteiger charge is -2.30. The van der Waals surface area contributed by atoms with Gasteiger partial charge in [0.2, 0.25) is 5.91 Å². The highest BCUT2D eigenvalue weighted by Crippen LogP contribution is 2.27. The van der Waals surface area contributed by atoms with Crippen molar-refractivity contribution in [3.63, 3.8) is 0 Å². The summed E-state index contributed by atoms with van der Waals surface area (Å²) in [4.78, 5) is 22.6. The number of nitrogens with one attached hydrogen (secondary N) is 1. The standard InChI is InChI=1S/C16H21N5O/c1-10-8-14(15-9-11(2)19-20-15)18-16(17-10)13-4-6-21(7-5-13)12(3)22/h8-9,13H,4-7H2,1-3H3,(H,19,20). The van der Waals surface area contributed by atoms with E-state index in [9.17, 15) is 4.79 Å². The minimum atomic E-state index is 0.149. The molecule has 6 heteroatoms. The summed E-state index contributed by atoms with van der Waals surface area (Å²) in [6.07, 6.45) is 1.84. The van der Waals surface area contributed by atoms with Crippen LogP contribution < -0.4 is 0 Å². The molecule has 0 atom stereocenters. The van der Waals surface area contributed by atoms with Crippen molar-refractivity contribution in [1.82, 2.24) is 25.1 Å². The topological polar surface area (TPSA) is 74.8 Å². The SMILES string of the molecule is CC(=O)N1CCC(c2nc(C)cc(-c3cc(C)[nH]n3)n2)CC1. The molecule has 1 aliphatic rings. The lowest BCUT2D eigenvalue weighted by Crippen LogP contribution is -2.36. The number of carbonyl (C=O) groups is 1. The lowest BCUT2D eigenvalue weighted by atomic mass is 9.95. The Kier molecular flexibility index (Phi) is 3.92. The van der Waals surface area contributed by atoms with E-state index in [0.29, 0.717) is 5.92 Å². The summed E-state index contributed by atoms with van der Waals surface area (Å²) < 4.78 is 0. The quantitative estimate of drug-likeness (QED) is 0.922. The number of carbonyl (C=O) groups excluding carboxylic acids is 1. The van der Waals surface area contributed by atoms with Crippen molar-refractivity contribution in [3.05, 3.63) is 29.3 Å². The molecule has 0 radical (unpaired) electrons. The van der Waals surface area contributed by atoms with Gasteiger partial charge in [-0.2, -0.15) is 5.10 Å². The number of hydrogen-bond donors (Lipinski definition) is 1. The maximum Gasteiger partial charge on any atom is 0.219 e. The van der Waals surface area contributed by atoms with Crippen LogP contribution in [0.2, 0.25) is 0 Å². The Morgan fingerprint density at radius 2 is 1.91 bits per heavy atom. The molecule has 0 spiro atoms. The second kappa shape index (κ2) is 5.87. The second-order valence-corrected chi connectivity index (χ2v) is 5.97. The molecule has 22 heavy (non-hydrogen) atoms. The number of aryl methyl sites for hydroxylation is 2. The minimum absolute atomic E-state index is 0.149. The number of amides is 1. The third-order valence-corrected chi connectivity index (χ3v) is 4.15. The molecule has 2 aromatic heterocycles. The number of nitrogens with zero attached hydrogens (tertiary/aromatic N) is 4. The fourth-order valence-electron chi connectivity index (χ4n) is 2.91. The summed E-state index contributed by atoms with van der Waals surface area (Å²) in [5, 5.41) is 7.23. The molecule has 116 valence electrons. The summed E-state index contributed by atoms with van der Waals surface area (Å²) in [6, 6.07) is 3.95. The van der Waals surface area contributed by atoms with Crippen LogP contribution in [0.1, 0.15) is 42.9 Å². The first-order valence-electron chi connectivity index (χ1n) is 7.66. The van der Waals surface area contributed by atoms with Crippen LogP contribution in [0.4, 0.5) is 0 Å². The van der Waals surface area contributed by atoms with Gasteiger partial charge in [-0.1, -0.05) is 0 Å². The van der Waals surface area contributed by atoms with Gasteiger partial charge >= 0.3 is 0 Å². The molecular weight excluding hydrogens is 278 g/mol. The smallest absolute Gasteiger partial charge is 0.219 e. The number of hydrogen-bond acceptors (Lipinski definition) is 4. The van der Waals surface area contributed by atoms with Crippen molar-refractivity contribution in [2.45, 2.75) is 39.5 Å². The Morgan fingerprint density at radius 3 is 2.50 bits per heavy atom. The molecular formula is C16H21N5O. The highest BCUT2D eigenvalue weighted by Gasteiger charge is 2.24. The highest BCUT2D eigenvalue weighted by molar-refractivity contribution is 5.73. The summed E-state index contributed by atoms with van der Waals surface area (Å²) >= 11 is 0. The van der Waals surface area contributed by atoms with Crippen molar-refractivity contribution in [2.75, 3.05) is 13.1 Å². The number of aromatic nitrogens is 4. The maximum absolute atomic E-state index is 11.4. The van der Waals surface area contributed by atoms with Gasteiger partial charge in [-0.15, -0.1) is 0 Å². The molecule has 1 aliphatic heterocycles. The molecule has 1 fully saturated rings. The molecule has 3 rings (SSSR count). The zero-order chi connectivity index (χ0) is 15.7.